The third kappa shape index (κ3) is 2.63. The Hall–Kier alpha value is -2.17. The molecule has 0 amide bonds. The summed E-state index contributed by atoms with van der Waals surface area (Å²) in [5.74, 6) is 0.287. The Kier molecular flexibility index (Phi) is 3.17. The molecule has 1 aromatic heterocycles. The van der Waals surface area contributed by atoms with Gasteiger partial charge in [-0.15, -0.1) is 0 Å². The number of pyridine rings is 1. The molecule has 0 fully saturated rings. The van der Waals surface area contributed by atoms with Crippen LogP contribution in [0.1, 0.15) is 18.1 Å². The molecule has 0 aliphatic rings. The van der Waals surface area contributed by atoms with E-state index in [-0.39, 0.29) is 11.5 Å². The molecule has 0 radical (unpaired) electrons. The molecule has 0 spiro atoms. The van der Waals surface area contributed by atoms with E-state index < -0.39 is 0 Å². The van der Waals surface area contributed by atoms with Crippen molar-refractivity contribution in [3.8, 4) is 0 Å². The molecule has 0 aliphatic heterocycles. The Bertz CT molecular complexity index is 429. The van der Waals surface area contributed by atoms with Crippen LogP contribution >= 0.6 is 0 Å². The lowest BCUT2D eigenvalue weighted by molar-refractivity contribution is 1.29. The fourth-order valence-corrected chi connectivity index (χ4v) is 1.07. The van der Waals surface area contributed by atoms with Gasteiger partial charge in [0.05, 0.1) is 5.71 Å². The lowest BCUT2D eigenvalue weighted by Gasteiger charge is -2.03. The first-order valence-corrected chi connectivity index (χ1v) is 4.33. The average molecular weight is 203 g/mol. The molecular weight excluding hydrogens is 190 g/mol. The molecular formula is C10H13N5. The maximum absolute atomic E-state index is 7.69. The maximum Gasteiger partial charge on any atom is 0.132 e. The molecule has 0 aromatic carbocycles. The Morgan fingerprint density at radius 1 is 1.53 bits per heavy atom. The van der Waals surface area contributed by atoms with Crippen LogP contribution in [0, 0.1) is 10.8 Å². The first-order chi connectivity index (χ1) is 7.04. The summed E-state index contributed by atoms with van der Waals surface area (Å²) < 4.78 is 0. The number of nitrogens with one attached hydrogen (secondary N) is 2. The monoisotopic (exact) mass is 203 g/mol. The third-order valence-corrected chi connectivity index (χ3v) is 1.79. The van der Waals surface area contributed by atoms with Crippen LogP contribution in [0.3, 0.4) is 0 Å². The molecule has 78 valence electrons. The van der Waals surface area contributed by atoms with Crippen molar-refractivity contribution in [2.45, 2.75) is 6.92 Å². The first-order valence-electron chi connectivity index (χ1n) is 4.33. The van der Waals surface area contributed by atoms with Crippen LogP contribution in [0.2, 0.25) is 0 Å². The van der Waals surface area contributed by atoms with Gasteiger partial charge in [-0.3, -0.25) is 0 Å². The van der Waals surface area contributed by atoms with Crippen molar-refractivity contribution >= 4 is 17.7 Å². The van der Waals surface area contributed by atoms with E-state index in [1.807, 2.05) is 0 Å². The number of nitrogen functional groups attached to an aromatic ring is 1. The molecule has 15 heavy (non-hydrogen) atoms. The molecule has 0 saturated heterocycles. The molecule has 1 rings (SSSR count). The van der Waals surface area contributed by atoms with Gasteiger partial charge >= 0.3 is 0 Å². The molecule has 0 saturated carbocycles. The highest BCUT2D eigenvalue weighted by Gasteiger charge is 2.03. The highest BCUT2D eigenvalue weighted by Crippen LogP contribution is 2.09. The Morgan fingerprint density at radius 3 is 2.73 bits per heavy atom. The quantitative estimate of drug-likeness (QED) is 0.547. The minimum Gasteiger partial charge on any atom is -0.402 e. The van der Waals surface area contributed by atoms with E-state index in [1.165, 1.54) is 12.3 Å². The van der Waals surface area contributed by atoms with Gasteiger partial charge in [-0.25, -0.2) is 4.98 Å². The minimum absolute atomic E-state index is 0.255. The number of nitrogens with two attached hydrogens (primary N) is 2. The largest absolute Gasteiger partial charge is 0.402 e. The van der Waals surface area contributed by atoms with Crippen LogP contribution in [0.4, 0.5) is 5.82 Å². The highest BCUT2D eigenvalue weighted by molar-refractivity contribution is 6.07. The van der Waals surface area contributed by atoms with Crippen LogP contribution in [0.25, 0.3) is 0 Å². The smallest absolute Gasteiger partial charge is 0.132 e. The second-order valence-electron chi connectivity index (χ2n) is 3.14. The van der Waals surface area contributed by atoms with Gasteiger partial charge in [0.15, 0.2) is 0 Å². The SMILES string of the molecule is C/C(N)=C\C(=N)c1cnc(N)c(C=N)c1. The standard InChI is InChI=1S/C10H13N5/c1-6(12)2-9(13)8-3-7(4-11)10(14)15-5-8/h2-5,11,13H,12H2,1H3,(H2,14,15)/b6-2+,11-4?,13-9?. The van der Waals surface area contributed by atoms with Crippen molar-refractivity contribution in [2.75, 3.05) is 5.73 Å². The normalized spacial score (nSPS) is 11.1. The van der Waals surface area contributed by atoms with E-state index in [4.69, 9.17) is 22.3 Å². The summed E-state index contributed by atoms with van der Waals surface area (Å²) in [6.45, 7) is 1.71. The van der Waals surface area contributed by atoms with Crippen molar-refractivity contribution < 1.29 is 0 Å². The molecule has 1 aromatic rings. The van der Waals surface area contributed by atoms with Gasteiger partial charge in [-0.05, 0) is 19.1 Å². The van der Waals surface area contributed by atoms with Crippen molar-refractivity contribution in [1.82, 2.24) is 4.98 Å². The number of rotatable bonds is 3. The van der Waals surface area contributed by atoms with E-state index >= 15 is 0 Å². The molecule has 0 bridgehead atoms. The van der Waals surface area contributed by atoms with Crippen molar-refractivity contribution in [2.24, 2.45) is 5.73 Å². The Morgan fingerprint density at radius 2 is 2.20 bits per heavy atom. The summed E-state index contributed by atoms with van der Waals surface area (Å²) in [6, 6.07) is 1.64. The number of nitrogens with zero attached hydrogens (tertiary/aromatic N) is 1. The van der Waals surface area contributed by atoms with E-state index in [1.54, 1.807) is 13.0 Å². The van der Waals surface area contributed by atoms with Gasteiger partial charge < -0.3 is 22.3 Å². The number of aromatic nitrogens is 1. The van der Waals surface area contributed by atoms with Gasteiger partial charge in [0.25, 0.3) is 0 Å². The fraction of sp³-hybridized carbons (Fsp3) is 0.100. The summed E-state index contributed by atoms with van der Waals surface area (Å²) in [5, 5.41) is 14.8. The lowest BCUT2D eigenvalue weighted by Crippen LogP contribution is -2.04. The van der Waals surface area contributed by atoms with E-state index in [9.17, 15) is 0 Å². The summed E-state index contributed by atoms with van der Waals surface area (Å²) in [6.07, 6.45) is 4.13. The van der Waals surface area contributed by atoms with Crippen LogP contribution in [-0.2, 0) is 0 Å². The zero-order valence-corrected chi connectivity index (χ0v) is 8.41. The van der Waals surface area contributed by atoms with Gasteiger partial charge in [-0.2, -0.15) is 0 Å². The number of hydrogen-bond donors (Lipinski definition) is 4. The minimum atomic E-state index is 0.255. The maximum atomic E-state index is 7.69. The predicted molar refractivity (Wildman–Crippen MR) is 61.3 cm³/mol. The second-order valence-corrected chi connectivity index (χ2v) is 3.14. The summed E-state index contributed by atoms with van der Waals surface area (Å²) in [5.41, 5.74) is 12.9. The van der Waals surface area contributed by atoms with Crippen molar-refractivity contribution in [1.29, 1.82) is 10.8 Å². The van der Waals surface area contributed by atoms with Crippen LogP contribution in [0.5, 0.6) is 0 Å². The zero-order valence-electron chi connectivity index (χ0n) is 8.41. The molecule has 0 atom stereocenters. The van der Waals surface area contributed by atoms with Crippen LogP contribution in [-0.4, -0.2) is 16.9 Å². The molecule has 6 N–H and O–H groups in total. The molecule has 5 nitrogen and oxygen atoms in total. The second kappa shape index (κ2) is 4.36. The lowest BCUT2D eigenvalue weighted by atomic mass is 10.1. The fourth-order valence-electron chi connectivity index (χ4n) is 1.07. The highest BCUT2D eigenvalue weighted by atomic mass is 14.8. The summed E-state index contributed by atoms with van der Waals surface area (Å²) in [4.78, 5) is 3.89. The van der Waals surface area contributed by atoms with Gasteiger partial charge in [0.1, 0.15) is 5.82 Å². The third-order valence-electron chi connectivity index (χ3n) is 1.79. The first kappa shape index (κ1) is 10.9. The van der Waals surface area contributed by atoms with E-state index in [0.717, 1.165) is 6.21 Å². The van der Waals surface area contributed by atoms with Crippen LogP contribution in [0.15, 0.2) is 24.0 Å². The summed E-state index contributed by atoms with van der Waals surface area (Å²) in [7, 11) is 0. The average Bonchev–Trinajstić information content (AvgIpc) is 2.17. The van der Waals surface area contributed by atoms with Gasteiger partial charge in [0.2, 0.25) is 0 Å². The van der Waals surface area contributed by atoms with E-state index in [0.29, 0.717) is 16.8 Å². The molecule has 1 heterocycles. The van der Waals surface area contributed by atoms with E-state index in [2.05, 4.69) is 4.98 Å². The Balaban J connectivity index is 3.12. The van der Waals surface area contributed by atoms with Gasteiger partial charge in [0, 0.05) is 29.2 Å². The summed E-state index contributed by atoms with van der Waals surface area (Å²) >= 11 is 0. The topological polar surface area (TPSA) is 113 Å². The number of anilines is 1. The Labute approximate surface area is 87.8 Å². The predicted octanol–water partition coefficient (Wildman–Crippen LogP) is 0.892. The van der Waals surface area contributed by atoms with Crippen molar-refractivity contribution in [3.05, 3.63) is 35.2 Å². The van der Waals surface area contributed by atoms with Crippen molar-refractivity contribution in [3.63, 3.8) is 0 Å². The molecule has 0 aliphatic carbocycles. The number of hydrogen-bond acceptors (Lipinski definition) is 5. The zero-order chi connectivity index (χ0) is 11.4. The van der Waals surface area contributed by atoms with Crippen LogP contribution < -0.4 is 11.5 Å². The number of allylic oxidation sites excluding steroid dienone is 2. The molecule has 0 unspecified atom stereocenters. The molecule has 5 heteroatoms. The van der Waals surface area contributed by atoms with Gasteiger partial charge in [-0.1, -0.05) is 0 Å².